The van der Waals surface area contributed by atoms with Crippen LogP contribution in [0.1, 0.15) is 13.8 Å². The van der Waals surface area contributed by atoms with Gasteiger partial charge in [0.25, 0.3) is 0 Å². The molecule has 1 heterocycles. The Morgan fingerprint density at radius 3 is 2.17 bits per heavy atom. The Balaban J connectivity index is 2.04. The molecule has 2 aromatic carbocycles. The number of anilines is 3. The lowest BCUT2D eigenvalue weighted by Gasteiger charge is -2.39. The average molecular weight is 417 g/mol. The third-order valence-electron chi connectivity index (χ3n) is 5.05. The van der Waals surface area contributed by atoms with Gasteiger partial charge in [0.15, 0.2) is 0 Å². The van der Waals surface area contributed by atoms with Crippen LogP contribution in [0.4, 0.5) is 21.9 Å². The standard InChI is InChI=1S/C20H23N3O5S/c1-13-12-22(20(25)26)19-11-16(7-10-18(19)23(13)14(2)24)15-5-8-17(9-6-15)21(3)29(4,27)28/h5-11,13H,12H2,1-4H3,(H,25,26)/t13-/m0/s1. The molecular weight excluding hydrogens is 394 g/mol. The Hall–Kier alpha value is -3.07. The molecule has 1 aliphatic heterocycles. The zero-order chi connectivity index (χ0) is 21.5. The van der Waals surface area contributed by atoms with E-state index < -0.39 is 16.1 Å². The van der Waals surface area contributed by atoms with Crippen molar-refractivity contribution in [1.82, 2.24) is 0 Å². The number of carboxylic acid groups (broad SMARTS) is 1. The first-order valence-corrected chi connectivity index (χ1v) is 10.8. The largest absolute Gasteiger partial charge is 0.465 e. The van der Waals surface area contributed by atoms with Crippen LogP contribution in [-0.2, 0) is 14.8 Å². The van der Waals surface area contributed by atoms with Crippen molar-refractivity contribution in [2.24, 2.45) is 0 Å². The number of carbonyl (C=O) groups excluding carboxylic acids is 1. The van der Waals surface area contributed by atoms with E-state index in [0.717, 1.165) is 17.4 Å². The highest BCUT2D eigenvalue weighted by molar-refractivity contribution is 7.92. The minimum absolute atomic E-state index is 0.148. The normalized spacial score (nSPS) is 16.3. The molecule has 8 nitrogen and oxygen atoms in total. The molecule has 2 aromatic rings. The lowest BCUT2D eigenvalue weighted by atomic mass is 10.0. The van der Waals surface area contributed by atoms with Gasteiger partial charge >= 0.3 is 6.09 Å². The molecule has 1 atom stereocenters. The van der Waals surface area contributed by atoms with Crippen LogP contribution in [0.25, 0.3) is 11.1 Å². The van der Waals surface area contributed by atoms with Gasteiger partial charge in [-0.15, -0.1) is 0 Å². The number of benzene rings is 2. The molecule has 0 unspecified atom stereocenters. The molecule has 2 amide bonds. The second-order valence-electron chi connectivity index (χ2n) is 7.11. The van der Waals surface area contributed by atoms with Crippen molar-refractivity contribution in [3.8, 4) is 11.1 Å². The van der Waals surface area contributed by atoms with Crippen LogP contribution in [0.2, 0.25) is 0 Å². The summed E-state index contributed by atoms with van der Waals surface area (Å²) in [6.45, 7) is 3.45. The minimum Gasteiger partial charge on any atom is -0.465 e. The Morgan fingerprint density at radius 2 is 1.66 bits per heavy atom. The summed E-state index contributed by atoms with van der Waals surface area (Å²) in [5.74, 6) is -0.148. The van der Waals surface area contributed by atoms with Crippen LogP contribution >= 0.6 is 0 Å². The maximum Gasteiger partial charge on any atom is 0.411 e. The third kappa shape index (κ3) is 3.91. The summed E-state index contributed by atoms with van der Waals surface area (Å²) in [6.07, 6.45) is 0.0516. The van der Waals surface area contributed by atoms with E-state index in [1.165, 1.54) is 23.2 Å². The molecule has 0 fully saturated rings. The Labute approximate surface area is 170 Å². The Bertz CT molecular complexity index is 1070. The summed E-state index contributed by atoms with van der Waals surface area (Å²) < 4.78 is 24.6. The summed E-state index contributed by atoms with van der Waals surface area (Å²) in [5.41, 5.74) is 3.09. The highest BCUT2D eigenvalue weighted by Gasteiger charge is 2.33. The number of sulfonamides is 1. The first-order chi connectivity index (χ1) is 13.5. The molecular formula is C20H23N3O5S. The van der Waals surface area contributed by atoms with Gasteiger partial charge in [-0.1, -0.05) is 18.2 Å². The van der Waals surface area contributed by atoms with Gasteiger partial charge in [0.05, 0.1) is 29.4 Å². The van der Waals surface area contributed by atoms with Gasteiger partial charge in [-0.2, -0.15) is 0 Å². The number of amides is 2. The number of nitrogens with zero attached hydrogens (tertiary/aromatic N) is 3. The first-order valence-electron chi connectivity index (χ1n) is 8.99. The molecule has 0 saturated heterocycles. The van der Waals surface area contributed by atoms with Gasteiger partial charge in [-0.3, -0.25) is 14.0 Å². The van der Waals surface area contributed by atoms with Crippen LogP contribution in [0.3, 0.4) is 0 Å². The molecule has 0 radical (unpaired) electrons. The van der Waals surface area contributed by atoms with Gasteiger partial charge in [0.1, 0.15) is 0 Å². The van der Waals surface area contributed by atoms with Gasteiger partial charge < -0.3 is 10.0 Å². The van der Waals surface area contributed by atoms with E-state index >= 15 is 0 Å². The van der Waals surface area contributed by atoms with Crippen LogP contribution < -0.4 is 14.1 Å². The van der Waals surface area contributed by atoms with Crippen molar-refractivity contribution in [1.29, 1.82) is 0 Å². The highest BCUT2D eigenvalue weighted by atomic mass is 32.2. The van der Waals surface area contributed by atoms with Gasteiger partial charge in [0.2, 0.25) is 15.9 Å². The molecule has 29 heavy (non-hydrogen) atoms. The number of rotatable bonds is 3. The maximum atomic E-state index is 12.1. The summed E-state index contributed by atoms with van der Waals surface area (Å²) in [4.78, 5) is 26.7. The highest BCUT2D eigenvalue weighted by Crippen LogP contribution is 2.39. The summed E-state index contributed by atoms with van der Waals surface area (Å²) in [5, 5.41) is 9.62. The molecule has 0 spiro atoms. The number of hydrogen-bond acceptors (Lipinski definition) is 4. The fourth-order valence-corrected chi connectivity index (χ4v) is 4.03. The minimum atomic E-state index is -3.36. The topological polar surface area (TPSA) is 98.2 Å². The number of fused-ring (bicyclic) bond motifs is 1. The van der Waals surface area contributed by atoms with Crippen molar-refractivity contribution < 1.29 is 23.1 Å². The van der Waals surface area contributed by atoms with Crippen molar-refractivity contribution in [3.63, 3.8) is 0 Å². The maximum absolute atomic E-state index is 12.1. The summed E-state index contributed by atoms with van der Waals surface area (Å²) in [6, 6.07) is 12.0. The van der Waals surface area contributed by atoms with E-state index in [2.05, 4.69) is 0 Å². The quantitative estimate of drug-likeness (QED) is 0.828. The molecule has 1 aliphatic rings. The SMILES string of the molecule is CC(=O)N1c2ccc(-c3ccc(N(C)S(C)(=O)=O)cc3)cc2N(C(=O)O)C[C@@H]1C. The number of carbonyl (C=O) groups is 2. The second kappa shape index (κ2) is 7.40. The molecule has 0 aromatic heterocycles. The van der Waals surface area contributed by atoms with Crippen molar-refractivity contribution in [2.45, 2.75) is 19.9 Å². The predicted octanol–water partition coefficient (Wildman–Crippen LogP) is 2.99. The van der Waals surface area contributed by atoms with Crippen LogP contribution in [0.5, 0.6) is 0 Å². The lowest BCUT2D eigenvalue weighted by molar-refractivity contribution is -0.117. The molecule has 1 N–H and O–H groups in total. The van der Waals surface area contributed by atoms with Crippen LogP contribution in [0, 0.1) is 0 Å². The number of hydrogen-bond donors (Lipinski definition) is 1. The van der Waals surface area contributed by atoms with Gasteiger partial charge in [-0.05, 0) is 42.3 Å². The van der Waals surface area contributed by atoms with Gasteiger partial charge in [-0.25, -0.2) is 13.2 Å². The molecule has 0 aliphatic carbocycles. The second-order valence-corrected chi connectivity index (χ2v) is 9.13. The predicted molar refractivity (Wildman–Crippen MR) is 113 cm³/mol. The summed E-state index contributed by atoms with van der Waals surface area (Å²) >= 11 is 0. The van der Waals surface area contributed by atoms with E-state index in [-0.39, 0.29) is 18.5 Å². The third-order valence-corrected chi connectivity index (χ3v) is 6.25. The van der Waals surface area contributed by atoms with E-state index in [0.29, 0.717) is 17.1 Å². The van der Waals surface area contributed by atoms with E-state index in [1.807, 2.05) is 13.0 Å². The molecule has 9 heteroatoms. The van der Waals surface area contributed by atoms with Gasteiger partial charge in [0, 0.05) is 20.5 Å². The Kier molecular flexibility index (Phi) is 5.27. The smallest absolute Gasteiger partial charge is 0.411 e. The monoisotopic (exact) mass is 417 g/mol. The zero-order valence-electron chi connectivity index (χ0n) is 16.7. The van der Waals surface area contributed by atoms with Crippen molar-refractivity contribution in [2.75, 3.05) is 34.0 Å². The van der Waals surface area contributed by atoms with E-state index in [9.17, 15) is 23.1 Å². The zero-order valence-corrected chi connectivity index (χ0v) is 17.5. The first kappa shape index (κ1) is 20.7. The van der Waals surface area contributed by atoms with Crippen molar-refractivity contribution >= 4 is 39.1 Å². The molecule has 154 valence electrons. The van der Waals surface area contributed by atoms with Crippen molar-refractivity contribution in [3.05, 3.63) is 42.5 Å². The fraction of sp³-hybridized carbons (Fsp3) is 0.300. The van der Waals surface area contributed by atoms with E-state index in [4.69, 9.17) is 0 Å². The fourth-order valence-electron chi connectivity index (χ4n) is 3.52. The van der Waals surface area contributed by atoms with Crippen LogP contribution in [0.15, 0.2) is 42.5 Å². The summed E-state index contributed by atoms with van der Waals surface area (Å²) in [7, 11) is -1.88. The molecule has 0 saturated carbocycles. The Morgan fingerprint density at radius 1 is 1.07 bits per heavy atom. The van der Waals surface area contributed by atoms with Crippen LogP contribution in [-0.4, -0.2) is 51.4 Å². The lowest BCUT2D eigenvalue weighted by Crippen LogP contribution is -2.51. The molecule has 0 bridgehead atoms. The van der Waals surface area contributed by atoms with E-state index in [1.54, 1.807) is 41.3 Å². The molecule has 3 rings (SSSR count). The average Bonchev–Trinajstić information content (AvgIpc) is 2.65.